The van der Waals surface area contributed by atoms with Crippen molar-refractivity contribution in [3.8, 4) is 11.5 Å². The Hall–Kier alpha value is -2.44. The average molecular weight is 425 g/mol. The second-order valence-corrected chi connectivity index (χ2v) is 6.98. The quantitative estimate of drug-likeness (QED) is 0.645. The van der Waals surface area contributed by atoms with Crippen LogP contribution in [0.3, 0.4) is 0 Å². The first-order valence-corrected chi connectivity index (χ1v) is 9.54. The molecule has 2 N–H and O–H groups in total. The third-order valence-corrected chi connectivity index (χ3v) is 4.43. The molecule has 2 aromatic rings. The molecule has 150 valence electrons. The zero-order valence-corrected chi connectivity index (χ0v) is 17.3. The molecular formula is C20H22Cl2N2O4. The van der Waals surface area contributed by atoms with Crippen molar-refractivity contribution in [3.05, 3.63) is 58.1 Å². The number of hydrogen-bond donors (Lipinski definition) is 2. The van der Waals surface area contributed by atoms with Gasteiger partial charge in [-0.25, -0.2) is 0 Å². The summed E-state index contributed by atoms with van der Waals surface area (Å²) in [5, 5.41) is 0.748. The Kier molecular flexibility index (Phi) is 7.96. The van der Waals surface area contributed by atoms with Crippen LogP contribution >= 0.6 is 23.2 Å². The number of hydrogen-bond acceptors (Lipinski definition) is 4. The minimum absolute atomic E-state index is 0.0922. The summed E-state index contributed by atoms with van der Waals surface area (Å²) >= 11 is 11.8. The second-order valence-electron chi connectivity index (χ2n) is 6.14. The number of benzene rings is 2. The number of rotatable bonds is 7. The van der Waals surface area contributed by atoms with Gasteiger partial charge in [0.25, 0.3) is 11.8 Å². The Morgan fingerprint density at radius 1 is 1.00 bits per heavy atom. The van der Waals surface area contributed by atoms with Crippen LogP contribution < -0.4 is 20.3 Å². The molecule has 0 aliphatic carbocycles. The SMILES string of the molecule is CCC(C)Oc1ccc(C(=O)NNC(=O)C(C)Oc2ccc(Cl)cc2Cl)cc1. The van der Waals surface area contributed by atoms with Crippen LogP contribution in [0.1, 0.15) is 37.6 Å². The Morgan fingerprint density at radius 3 is 2.29 bits per heavy atom. The molecule has 0 aliphatic rings. The van der Waals surface area contributed by atoms with Crippen LogP contribution in [0.25, 0.3) is 0 Å². The first-order valence-electron chi connectivity index (χ1n) is 8.78. The average Bonchev–Trinajstić information content (AvgIpc) is 2.68. The number of carbonyl (C=O) groups is 2. The van der Waals surface area contributed by atoms with Gasteiger partial charge in [-0.3, -0.25) is 20.4 Å². The fraction of sp³-hybridized carbons (Fsp3) is 0.300. The van der Waals surface area contributed by atoms with E-state index in [1.165, 1.54) is 13.0 Å². The van der Waals surface area contributed by atoms with Gasteiger partial charge in [0.2, 0.25) is 0 Å². The van der Waals surface area contributed by atoms with Crippen LogP contribution in [-0.2, 0) is 4.79 Å². The molecule has 2 atom stereocenters. The van der Waals surface area contributed by atoms with E-state index in [0.29, 0.717) is 22.1 Å². The van der Waals surface area contributed by atoms with Crippen molar-refractivity contribution in [1.29, 1.82) is 0 Å². The van der Waals surface area contributed by atoms with Crippen LogP contribution in [0, 0.1) is 0 Å². The van der Waals surface area contributed by atoms with Crippen LogP contribution in [0.4, 0.5) is 0 Å². The van der Waals surface area contributed by atoms with E-state index < -0.39 is 17.9 Å². The maximum atomic E-state index is 12.2. The van der Waals surface area contributed by atoms with Crippen LogP contribution in [-0.4, -0.2) is 24.0 Å². The van der Waals surface area contributed by atoms with Gasteiger partial charge < -0.3 is 9.47 Å². The molecule has 0 bridgehead atoms. The highest BCUT2D eigenvalue weighted by Gasteiger charge is 2.17. The van der Waals surface area contributed by atoms with E-state index in [-0.39, 0.29) is 11.1 Å². The van der Waals surface area contributed by atoms with Crippen LogP contribution in [0.15, 0.2) is 42.5 Å². The summed E-state index contributed by atoms with van der Waals surface area (Å²) in [5.74, 6) is 0.00463. The van der Waals surface area contributed by atoms with Crippen LogP contribution in [0.5, 0.6) is 11.5 Å². The summed E-state index contributed by atoms with van der Waals surface area (Å²) in [6, 6.07) is 11.3. The van der Waals surface area contributed by atoms with Crippen molar-refractivity contribution in [2.75, 3.05) is 0 Å². The van der Waals surface area contributed by atoms with Gasteiger partial charge in [-0.05, 0) is 62.7 Å². The molecule has 0 aromatic heterocycles. The lowest BCUT2D eigenvalue weighted by Crippen LogP contribution is -2.47. The van der Waals surface area contributed by atoms with E-state index in [9.17, 15) is 9.59 Å². The molecule has 0 fully saturated rings. The van der Waals surface area contributed by atoms with Crippen LogP contribution in [0.2, 0.25) is 10.0 Å². The van der Waals surface area contributed by atoms with E-state index in [2.05, 4.69) is 10.9 Å². The summed E-state index contributed by atoms with van der Waals surface area (Å²) in [5.41, 5.74) is 5.05. The predicted molar refractivity (Wildman–Crippen MR) is 109 cm³/mol. The number of nitrogens with one attached hydrogen (secondary N) is 2. The van der Waals surface area contributed by atoms with Gasteiger partial charge in [0, 0.05) is 10.6 Å². The van der Waals surface area contributed by atoms with Crippen molar-refractivity contribution in [2.45, 2.75) is 39.4 Å². The van der Waals surface area contributed by atoms with Crippen molar-refractivity contribution < 1.29 is 19.1 Å². The van der Waals surface area contributed by atoms with Crippen molar-refractivity contribution in [3.63, 3.8) is 0 Å². The summed E-state index contributed by atoms with van der Waals surface area (Å²) in [4.78, 5) is 24.3. The monoisotopic (exact) mass is 424 g/mol. The molecule has 0 saturated carbocycles. The number of carbonyl (C=O) groups excluding carboxylic acids is 2. The lowest BCUT2D eigenvalue weighted by Gasteiger charge is -2.16. The van der Waals surface area contributed by atoms with E-state index in [1.807, 2.05) is 13.8 Å². The minimum atomic E-state index is -0.884. The highest BCUT2D eigenvalue weighted by atomic mass is 35.5. The molecule has 2 amide bonds. The molecule has 6 nitrogen and oxygen atoms in total. The molecule has 0 radical (unpaired) electrons. The van der Waals surface area contributed by atoms with Gasteiger partial charge >= 0.3 is 0 Å². The van der Waals surface area contributed by atoms with Crippen molar-refractivity contribution in [1.82, 2.24) is 10.9 Å². The summed E-state index contributed by atoms with van der Waals surface area (Å²) in [7, 11) is 0. The summed E-state index contributed by atoms with van der Waals surface area (Å²) in [6.07, 6.45) is 0.0929. The predicted octanol–water partition coefficient (Wildman–Crippen LogP) is 4.40. The highest BCUT2D eigenvalue weighted by molar-refractivity contribution is 6.35. The van der Waals surface area contributed by atoms with Gasteiger partial charge in [-0.2, -0.15) is 0 Å². The molecule has 2 rings (SSSR count). The van der Waals surface area contributed by atoms with Crippen molar-refractivity contribution in [2.24, 2.45) is 0 Å². The zero-order valence-electron chi connectivity index (χ0n) is 15.8. The lowest BCUT2D eigenvalue weighted by molar-refractivity contribution is -0.128. The Morgan fingerprint density at radius 2 is 1.68 bits per heavy atom. The first-order chi connectivity index (χ1) is 13.3. The molecule has 0 spiro atoms. The largest absolute Gasteiger partial charge is 0.491 e. The first kappa shape index (κ1) is 21.9. The van der Waals surface area contributed by atoms with E-state index in [1.54, 1.807) is 36.4 Å². The zero-order chi connectivity index (χ0) is 20.7. The molecular weight excluding hydrogens is 403 g/mol. The Labute approximate surface area is 174 Å². The second kappa shape index (κ2) is 10.2. The van der Waals surface area contributed by atoms with Gasteiger partial charge in [0.05, 0.1) is 11.1 Å². The summed E-state index contributed by atoms with van der Waals surface area (Å²) < 4.78 is 11.2. The molecule has 2 aromatic carbocycles. The standard InChI is InChI=1S/C20H22Cl2N2O4/c1-4-12(2)27-16-8-5-14(6-9-16)20(26)24-23-19(25)13(3)28-18-10-7-15(21)11-17(18)22/h5-13H,4H2,1-3H3,(H,23,25)(H,24,26). The van der Waals surface area contributed by atoms with Gasteiger partial charge in [-0.15, -0.1) is 0 Å². The number of hydrazine groups is 1. The topological polar surface area (TPSA) is 76.7 Å². The number of ether oxygens (including phenoxy) is 2. The number of amides is 2. The van der Waals surface area contributed by atoms with Gasteiger partial charge in [0.1, 0.15) is 11.5 Å². The normalized spacial score (nSPS) is 12.6. The molecule has 2 unspecified atom stereocenters. The third kappa shape index (κ3) is 6.32. The highest BCUT2D eigenvalue weighted by Crippen LogP contribution is 2.28. The number of halogens is 2. The fourth-order valence-electron chi connectivity index (χ4n) is 2.11. The lowest BCUT2D eigenvalue weighted by atomic mass is 10.2. The minimum Gasteiger partial charge on any atom is -0.491 e. The molecule has 8 heteroatoms. The maximum Gasteiger partial charge on any atom is 0.279 e. The third-order valence-electron chi connectivity index (χ3n) is 3.89. The molecule has 28 heavy (non-hydrogen) atoms. The summed E-state index contributed by atoms with van der Waals surface area (Å²) in [6.45, 7) is 5.53. The van der Waals surface area contributed by atoms with Crippen molar-refractivity contribution >= 4 is 35.0 Å². The maximum absolute atomic E-state index is 12.2. The van der Waals surface area contributed by atoms with Gasteiger partial charge in [-0.1, -0.05) is 30.1 Å². The Balaban J connectivity index is 1.86. The van der Waals surface area contributed by atoms with E-state index >= 15 is 0 Å². The van der Waals surface area contributed by atoms with E-state index in [0.717, 1.165) is 6.42 Å². The smallest absolute Gasteiger partial charge is 0.279 e. The molecule has 0 aliphatic heterocycles. The molecule has 0 heterocycles. The fourth-order valence-corrected chi connectivity index (χ4v) is 2.56. The molecule has 0 saturated heterocycles. The Bertz CT molecular complexity index is 827. The van der Waals surface area contributed by atoms with Gasteiger partial charge in [0.15, 0.2) is 6.10 Å². The van der Waals surface area contributed by atoms with E-state index in [4.69, 9.17) is 32.7 Å².